The van der Waals surface area contributed by atoms with Crippen LogP contribution in [0.1, 0.15) is 23.0 Å². The van der Waals surface area contributed by atoms with Gasteiger partial charge in [-0.15, -0.1) is 0 Å². The number of amides is 1. The largest absolute Gasteiger partial charge is 0.438 e. The molecule has 0 aliphatic carbocycles. The number of aromatic nitrogens is 3. The second-order valence-electron chi connectivity index (χ2n) is 5.52. The lowest BCUT2D eigenvalue weighted by Crippen LogP contribution is -2.24. The van der Waals surface area contributed by atoms with E-state index in [0.717, 1.165) is 17.0 Å². The molecule has 0 spiro atoms. The van der Waals surface area contributed by atoms with E-state index in [9.17, 15) is 4.79 Å². The van der Waals surface area contributed by atoms with Gasteiger partial charge in [0.2, 0.25) is 11.8 Å². The second kappa shape index (κ2) is 6.88. The molecule has 6 nitrogen and oxygen atoms in total. The topological polar surface area (TPSA) is 83.8 Å². The molecule has 0 saturated carbocycles. The maximum Gasteiger partial charge on any atom is 0.226 e. The van der Waals surface area contributed by atoms with Crippen LogP contribution in [-0.2, 0) is 17.8 Å². The zero-order valence-corrected chi connectivity index (χ0v) is 14.1. The molecule has 3 aromatic rings. The van der Waals surface area contributed by atoms with Crippen LogP contribution in [0.15, 0.2) is 34.7 Å². The molecule has 0 aliphatic rings. The molecule has 2 aromatic heterocycles. The van der Waals surface area contributed by atoms with Crippen LogP contribution in [0.4, 0.5) is 0 Å². The summed E-state index contributed by atoms with van der Waals surface area (Å²) < 4.78 is 5.75. The van der Waals surface area contributed by atoms with E-state index in [1.165, 1.54) is 0 Å². The summed E-state index contributed by atoms with van der Waals surface area (Å²) in [5, 5.41) is 10.3. The Hall–Kier alpha value is -2.60. The van der Waals surface area contributed by atoms with Crippen LogP contribution in [0.2, 0.25) is 5.02 Å². The van der Waals surface area contributed by atoms with Gasteiger partial charge >= 0.3 is 0 Å². The predicted molar refractivity (Wildman–Crippen MR) is 90.6 cm³/mol. The van der Waals surface area contributed by atoms with Crippen LogP contribution in [0.3, 0.4) is 0 Å². The number of halogens is 1. The van der Waals surface area contributed by atoms with E-state index in [1.807, 2.05) is 32.0 Å². The summed E-state index contributed by atoms with van der Waals surface area (Å²) >= 11 is 5.90. The van der Waals surface area contributed by atoms with Crippen LogP contribution in [-0.4, -0.2) is 21.1 Å². The minimum Gasteiger partial charge on any atom is -0.438 e. The number of H-pyrrole nitrogens is 1. The number of hydrogen-bond acceptors (Lipinski definition) is 4. The summed E-state index contributed by atoms with van der Waals surface area (Å²) in [5.41, 5.74) is 3.29. The fourth-order valence-corrected chi connectivity index (χ4v) is 2.49. The number of carbonyl (C=O) groups is 1. The Morgan fingerprint density at radius 3 is 2.71 bits per heavy atom. The summed E-state index contributed by atoms with van der Waals surface area (Å²) in [6.07, 6.45) is 0.216. The first-order chi connectivity index (χ1) is 11.5. The minimum atomic E-state index is -0.134. The van der Waals surface area contributed by atoms with Crippen LogP contribution in [0, 0.1) is 13.8 Å². The second-order valence-corrected chi connectivity index (χ2v) is 5.96. The van der Waals surface area contributed by atoms with Crippen LogP contribution < -0.4 is 5.32 Å². The van der Waals surface area contributed by atoms with Crippen molar-refractivity contribution in [3.8, 4) is 11.3 Å². The molecule has 0 saturated heterocycles. The van der Waals surface area contributed by atoms with Gasteiger partial charge in [-0.2, -0.15) is 5.10 Å². The number of aromatic amines is 1. The third-order valence-corrected chi connectivity index (χ3v) is 3.74. The number of nitrogens with one attached hydrogen (secondary N) is 2. The molecule has 0 bridgehead atoms. The third kappa shape index (κ3) is 3.83. The minimum absolute atomic E-state index is 0.134. The molecule has 2 heterocycles. The highest BCUT2D eigenvalue weighted by molar-refractivity contribution is 6.30. The molecule has 7 heteroatoms. The van der Waals surface area contributed by atoms with Crippen LogP contribution in [0.25, 0.3) is 11.3 Å². The monoisotopic (exact) mass is 344 g/mol. The predicted octanol–water partition coefficient (Wildman–Crippen LogP) is 3.19. The van der Waals surface area contributed by atoms with Gasteiger partial charge in [0.25, 0.3) is 0 Å². The van der Waals surface area contributed by atoms with Crippen LogP contribution >= 0.6 is 11.6 Å². The van der Waals surface area contributed by atoms with Gasteiger partial charge in [-0.1, -0.05) is 11.6 Å². The van der Waals surface area contributed by atoms with E-state index in [2.05, 4.69) is 20.5 Å². The fourth-order valence-electron chi connectivity index (χ4n) is 2.36. The Kier molecular flexibility index (Phi) is 4.66. The first-order valence-corrected chi connectivity index (χ1v) is 7.89. The summed E-state index contributed by atoms with van der Waals surface area (Å²) in [6, 6.07) is 9.18. The number of aryl methyl sites for hydroxylation is 2. The van der Waals surface area contributed by atoms with Gasteiger partial charge in [-0.05, 0) is 44.2 Å². The number of hydrogen-bond donors (Lipinski definition) is 2. The van der Waals surface area contributed by atoms with Crippen molar-refractivity contribution in [2.24, 2.45) is 0 Å². The molecule has 3 rings (SSSR count). The maximum absolute atomic E-state index is 11.9. The van der Waals surface area contributed by atoms with Crippen LogP contribution in [0.5, 0.6) is 0 Å². The first kappa shape index (κ1) is 16.3. The summed E-state index contributed by atoms with van der Waals surface area (Å²) in [5.74, 6) is 1.01. The number of oxazole rings is 1. The van der Waals surface area contributed by atoms with Gasteiger partial charge in [0.1, 0.15) is 0 Å². The quantitative estimate of drug-likeness (QED) is 0.744. The van der Waals surface area contributed by atoms with Crippen molar-refractivity contribution in [2.75, 3.05) is 0 Å². The fraction of sp³-hybridized carbons (Fsp3) is 0.235. The number of rotatable bonds is 5. The van der Waals surface area contributed by atoms with Gasteiger partial charge < -0.3 is 9.73 Å². The van der Waals surface area contributed by atoms with Gasteiger partial charge in [0.15, 0.2) is 5.76 Å². The van der Waals surface area contributed by atoms with E-state index in [1.54, 1.807) is 12.1 Å². The molecule has 124 valence electrons. The van der Waals surface area contributed by atoms with Crippen molar-refractivity contribution in [2.45, 2.75) is 26.8 Å². The summed E-state index contributed by atoms with van der Waals surface area (Å²) in [7, 11) is 0. The summed E-state index contributed by atoms with van der Waals surface area (Å²) in [4.78, 5) is 16.3. The molecule has 1 aromatic carbocycles. The third-order valence-electron chi connectivity index (χ3n) is 3.48. The standard InChI is InChI=1S/C17H17ClN4O2/c1-10-7-14(22-21-10)8-15(23)19-9-16-20-11(2)17(24-16)12-3-5-13(18)6-4-12/h3-7H,8-9H2,1-2H3,(H,19,23)(H,21,22). The van der Waals surface area contributed by atoms with Crippen molar-refractivity contribution >= 4 is 17.5 Å². The number of benzene rings is 1. The first-order valence-electron chi connectivity index (χ1n) is 7.51. The Labute approximate surface area is 144 Å². The molecule has 0 unspecified atom stereocenters. The lowest BCUT2D eigenvalue weighted by molar-refractivity contribution is -0.120. The van der Waals surface area contributed by atoms with Crippen molar-refractivity contribution in [3.05, 3.63) is 58.3 Å². The SMILES string of the molecule is Cc1cc(CC(=O)NCc2nc(C)c(-c3ccc(Cl)cc3)o2)n[nH]1. The number of nitrogens with zero attached hydrogens (tertiary/aromatic N) is 2. The highest BCUT2D eigenvalue weighted by atomic mass is 35.5. The molecule has 0 fully saturated rings. The molecule has 0 aliphatic heterocycles. The van der Waals surface area contributed by atoms with Gasteiger partial charge in [0.05, 0.1) is 24.4 Å². The molecule has 2 N–H and O–H groups in total. The average molecular weight is 345 g/mol. The van der Waals surface area contributed by atoms with Gasteiger partial charge in [-0.25, -0.2) is 4.98 Å². The smallest absolute Gasteiger partial charge is 0.226 e. The van der Waals surface area contributed by atoms with Crippen molar-refractivity contribution in [1.82, 2.24) is 20.5 Å². The zero-order chi connectivity index (χ0) is 17.1. The van der Waals surface area contributed by atoms with Crippen molar-refractivity contribution in [3.63, 3.8) is 0 Å². The number of carbonyl (C=O) groups excluding carboxylic acids is 1. The lowest BCUT2D eigenvalue weighted by atomic mass is 10.1. The highest BCUT2D eigenvalue weighted by Gasteiger charge is 2.13. The normalized spacial score (nSPS) is 10.8. The maximum atomic E-state index is 11.9. The molecule has 0 atom stereocenters. The van der Waals surface area contributed by atoms with E-state index < -0.39 is 0 Å². The summed E-state index contributed by atoms with van der Waals surface area (Å²) in [6.45, 7) is 3.99. The van der Waals surface area contributed by atoms with E-state index in [4.69, 9.17) is 16.0 Å². The lowest BCUT2D eigenvalue weighted by Gasteiger charge is -2.01. The highest BCUT2D eigenvalue weighted by Crippen LogP contribution is 2.25. The van der Waals surface area contributed by atoms with Gasteiger partial charge in [0, 0.05) is 16.3 Å². The average Bonchev–Trinajstić information content (AvgIpc) is 3.12. The molecular formula is C17H17ClN4O2. The van der Waals surface area contributed by atoms with E-state index in [-0.39, 0.29) is 18.9 Å². The zero-order valence-electron chi connectivity index (χ0n) is 13.4. The van der Waals surface area contributed by atoms with Crippen molar-refractivity contribution in [1.29, 1.82) is 0 Å². The Balaban J connectivity index is 1.63. The molecule has 0 radical (unpaired) electrons. The molecular weight excluding hydrogens is 328 g/mol. The van der Waals surface area contributed by atoms with Crippen molar-refractivity contribution < 1.29 is 9.21 Å². The Morgan fingerprint density at radius 1 is 1.29 bits per heavy atom. The Bertz CT molecular complexity index is 852. The van der Waals surface area contributed by atoms with E-state index in [0.29, 0.717) is 22.4 Å². The molecule has 1 amide bonds. The Morgan fingerprint density at radius 2 is 2.04 bits per heavy atom. The van der Waals surface area contributed by atoms with Gasteiger partial charge in [-0.3, -0.25) is 9.89 Å². The van der Waals surface area contributed by atoms with E-state index >= 15 is 0 Å². The molecule has 24 heavy (non-hydrogen) atoms.